The van der Waals surface area contributed by atoms with Crippen molar-refractivity contribution in [3.05, 3.63) is 52.8 Å². The Morgan fingerprint density at radius 2 is 1.91 bits per heavy atom. The highest BCUT2D eigenvalue weighted by molar-refractivity contribution is 7.88. The zero-order valence-corrected chi connectivity index (χ0v) is 14.3. The van der Waals surface area contributed by atoms with E-state index in [1.54, 1.807) is 0 Å². The first-order valence-electron chi connectivity index (χ1n) is 8.10. The Hall–Kier alpha value is -1.66. The number of hydrogen-bond donors (Lipinski definition) is 1. The summed E-state index contributed by atoms with van der Waals surface area (Å²) >= 11 is 0. The first kappa shape index (κ1) is 16.2. The third-order valence-corrected chi connectivity index (χ3v) is 5.63. The van der Waals surface area contributed by atoms with Gasteiger partial charge in [0, 0.05) is 12.2 Å². The van der Waals surface area contributed by atoms with Gasteiger partial charge in [-0.1, -0.05) is 29.8 Å². The molecule has 0 spiro atoms. The SMILES string of the molecule is Cc1ccc(CS(=O)(=O)NCCn2ncc3c2CCCC3)cc1. The molecule has 0 atom stereocenters. The summed E-state index contributed by atoms with van der Waals surface area (Å²) in [6, 6.07) is 7.58. The van der Waals surface area contributed by atoms with Crippen molar-refractivity contribution in [3.63, 3.8) is 0 Å². The molecule has 2 aromatic rings. The smallest absolute Gasteiger partial charge is 0.215 e. The van der Waals surface area contributed by atoms with Crippen molar-refractivity contribution >= 4 is 10.0 Å². The lowest BCUT2D eigenvalue weighted by atomic mass is 9.98. The van der Waals surface area contributed by atoms with Crippen LogP contribution in [0.4, 0.5) is 0 Å². The van der Waals surface area contributed by atoms with Crippen LogP contribution in [0, 0.1) is 6.92 Å². The zero-order valence-electron chi connectivity index (χ0n) is 13.5. The Balaban J connectivity index is 1.55. The molecule has 6 heteroatoms. The van der Waals surface area contributed by atoms with Crippen LogP contribution in [-0.2, 0) is 35.2 Å². The van der Waals surface area contributed by atoms with Gasteiger partial charge in [-0.15, -0.1) is 0 Å². The lowest BCUT2D eigenvalue weighted by Crippen LogP contribution is -2.29. The summed E-state index contributed by atoms with van der Waals surface area (Å²) < 4.78 is 28.9. The molecule has 0 saturated carbocycles. The molecule has 5 nitrogen and oxygen atoms in total. The summed E-state index contributed by atoms with van der Waals surface area (Å²) in [4.78, 5) is 0. The van der Waals surface area contributed by atoms with Crippen LogP contribution >= 0.6 is 0 Å². The molecule has 0 radical (unpaired) electrons. The quantitative estimate of drug-likeness (QED) is 0.881. The largest absolute Gasteiger partial charge is 0.268 e. The average molecular weight is 333 g/mol. The third kappa shape index (κ3) is 4.20. The third-order valence-electron chi connectivity index (χ3n) is 4.27. The highest BCUT2D eigenvalue weighted by atomic mass is 32.2. The van der Waals surface area contributed by atoms with Gasteiger partial charge in [-0.25, -0.2) is 13.1 Å². The Morgan fingerprint density at radius 3 is 2.70 bits per heavy atom. The highest BCUT2D eigenvalue weighted by Gasteiger charge is 2.16. The van der Waals surface area contributed by atoms with Crippen molar-refractivity contribution in [1.29, 1.82) is 0 Å². The van der Waals surface area contributed by atoms with Gasteiger partial charge < -0.3 is 0 Å². The second-order valence-corrected chi connectivity index (χ2v) is 7.99. The summed E-state index contributed by atoms with van der Waals surface area (Å²) in [5, 5.41) is 4.39. The van der Waals surface area contributed by atoms with Crippen LogP contribution in [0.2, 0.25) is 0 Å². The molecular formula is C17H23N3O2S. The molecule has 0 bridgehead atoms. The normalized spacial score (nSPS) is 14.7. The molecule has 1 aliphatic rings. The molecule has 1 aromatic heterocycles. The van der Waals surface area contributed by atoms with Gasteiger partial charge in [0.1, 0.15) is 0 Å². The minimum absolute atomic E-state index is 0.0183. The number of hydrogen-bond acceptors (Lipinski definition) is 3. The van der Waals surface area contributed by atoms with Crippen molar-refractivity contribution in [2.24, 2.45) is 0 Å². The topological polar surface area (TPSA) is 64.0 Å². The molecule has 0 saturated heterocycles. The molecule has 124 valence electrons. The fourth-order valence-corrected chi connectivity index (χ4v) is 4.15. The summed E-state index contributed by atoms with van der Waals surface area (Å²) in [6.45, 7) is 2.95. The monoisotopic (exact) mass is 333 g/mol. The van der Waals surface area contributed by atoms with Crippen LogP contribution < -0.4 is 4.72 Å². The van der Waals surface area contributed by atoms with E-state index in [-0.39, 0.29) is 5.75 Å². The van der Waals surface area contributed by atoms with Crippen LogP contribution in [0.25, 0.3) is 0 Å². The maximum absolute atomic E-state index is 12.2. The molecule has 1 N–H and O–H groups in total. The molecule has 3 rings (SSSR count). The second kappa shape index (κ2) is 6.84. The number of sulfonamides is 1. The minimum atomic E-state index is -3.31. The maximum atomic E-state index is 12.2. The predicted molar refractivity (Wildman–Crippen MR) is 90.7 cm³/mol. The van der Waals surface area contributed by atoms with Gasteiger partial charge in [-0.05, 0) is 43.7 Å². The van der Waals surface area contributed by atoms with E-state index >= 15 is 0 Å². The standard InChI is InChI=1S/C17H23N3O2S/c1-14-6-8-15(9-7-14)13-23(21,22)19-10-11-20-17-5-3-2-4-16(17)12-18-20/h6-9,12,19H,2-5,10-11,13H2,1H3. The Labute approximate surface area is 137 Å². The fourth-order valence-electron chi connectivity index (χ4n) is 3.01. The van der Waals surface area contributed by atoms with E-state index in [0.717, 1.165) is 24.0 Å². The first-order valence-corrected chi connectivity index (χ1v) is 9.75. The average Bonchev–Trinajstić information content (AvgIpc) is 2.93. The van der Waals surface area contributed by atoms with Crippen LogP contribution in [-0.4, -0.2) is 24.7 Å². The second-order valence-electron chi connectivity index (χ2n) is 6.19. The van der Waals surface area contributed by atoms with E-state index in [1.165, 1.54) is 24.1 Å². The Bertz CT molecular complexity index is 764. The molecule has 1 heterocycles. The van der Waals surface area contributed by atoms with Crippen LogP contribution in [0.15, 0.2) is 30.5 Å². The number of aromatic nitrogens is 2. The molecule has 0 amide bonds. The molecule has 23 heavy (non-hydrogen) atoms. The number of aryl methyl sites for hydroxylation is 2. The molecule has 1 aromatic carbocycles. The molecule has 0 fully saturated rings. The van der Waals surface area contributed by atoms with Gasteiger partial charge >= 0.3 is 0 Å². The van der Waals surface area contributed by atoms with Gasteiger partial charge in [0.05, 0.1) is 18.5 Å². The first-order chi connectivity index (χ1) is 11.0. The van der Waals surface area contributed by atoms with Crippen molar-refractivity contribution in [2.45, 2.75) is 44.9 Å². The van der Waals surface area contributed by atoms with E-state index in [1.807, 2.05) is 42.1 Å². The lowest BCUT2D eigenvalue weighted by molar-refractivity contribution is 0.538. The summed E-state index contributed by atoms with van der Waals surface area (Å²) in [5.41, 5.74) is 4.52. The number of nitrogens with zero attached hydrogens (tertiary/aromatic N) is 2. The van der Waals surface area contributed by atoms with Gasteiger partial charge in [-0.3, -0.25) is 4.68 Å². The van der Waals surface area contributed by atoms with Crippen molar-refractivity contribution in [2.75, 3.05) is 6.54 Å². The number of benzene rings is 1. The minimum Gasteiger partial charge on any atom is -0.268 e. The van der Waals surface area contributed by atoms with E-state index in [4.69, 9.17) is 0 Å². The van der Waals surface area contributed by atoms with E-state index in [9.17, 15) is 8.42 Å². The molecular weight excluding hydrogens is 310 g/mol. The fraction of sp³-hybridized carbons (Fsp3) is 0.471. The van der Waals surface area contributed by atoms with Crippen molar-refractivity contribution in [3.8, 4) is 0 Å². The van der Waals surface area contributed by atoms with Gasteiger partial charge in [0.15, 0.2) is 0 Å². The Kier molecular flexibility index (Phi) is 4.82. The van der Waals surface area contributed by atoms with E-state index < -0.39 is 10.0 Å². The Morgan fingerprint density at radius 1 is 1.17 bits per heavy atom. The van der Waals surface area contributed by atoms with Crippen LogP contribution in [0.1, 0.15) is 35.2 Å². The van der Waals surface area contributed by atoms with E-state index in [0.29, 0.717) is 13.1 Å². The van der Waals surface area contributed by atoms with Gasteiger partial charge in [-0.2, -0.15) is 5.10 Å². The van der Waals surface area contributed by atoms with E-state index in [2.05, 4.69) is 9.82 Å². The summed E-state index contributed by atoms with van der Waals surface area (Å²) in [6.07, 6.45) is 6.48. The zero-order chi connectivity index (χ0) is 16.3. The number of fused-ring (bicyclic) bond motifs is 1. The van der Waals surface area contributed by atoms with Crippen molar-refractivity contribution < 1.29 is 8.42 Å². The molecule has 0 aliphatic heterocycles. The van der Waals surface area contributed by atoms with Gasteiger partial charge in [0.25, 0.3) is 0 Å². The summed E-state index contributed by atoms with van der Waals surface area (Å²) in [7, 11) is -3.31. The highest BCUT2D eigenvalue weighted by Crippen LogP contribution is 2.20. The molecule has 1 aliphatic carbocycles. The lowest BCUT2D eigenvalue weighted by Gasteiger charge is -2.14. The number of rotatable bonds is 6. The van der Waals surface area contributed by atoms with Crippen LogP contribution in [0.3, 0.4) is 0 Å². The van der Waals surface area contributed by atoms with Crippen LogP contribution in [0.5, 0.6) is 0 Å². The van der Waals surface area contributed by atoms with Gasteiger partial charge in [0.2, 0.25) is 10.0 Å². The van der Waals surface area contributed by atoms with Crippen molar-refractivity contribution in [1.82, 2.24) is 14.5 Å². The summed E-state index contributed by atoms with van der Waals surface area (Å²) in [5.74, 6) is 0.0183. The maximum Gasteiger partial charge on any atom is 0.215 e. The predicted octanol–water partition coefficient (Wildman–Crippen LogP) is 2.19. The molecule has 0 unspecified atom stereocenters. The number of nitrogens with one attached hydrogen (secondary N) is 1.